The van der Waals surface area contributed by atoms with Gasteiger partial charge in [0.15, 0.2) is 11.6 Å². The van der Waals surface area contributed by atoms with Crippen LogP contribution in [0.4, 0.5) is 0 Å². The summed E-state index contributed by atoms with van der Waals surface area (Å²) in [5.41, 5.74) is 3.10. The lowest BCUT2D eigenvalue weighted by molar-refractivity contribution is 1.07. The largest absolute Gasteiger partial charge is 0.226 e. The quantitative estimate of drug-likeness (QED) is 0.257. The van der Waals surface area contributed by atoms with Crippen LogP contribution in [-0.4, -0.2) is 15.0 Å². The van der Waals surface area contributed by atoms with Crippen molar-refractivity contribution in [3.05, 3.63) is 114 Å². The highest BCUT2D eigenvalue weighted by Gasteiger charge is 2.11. The maximum atomic E-state index is 6.30. The van der Waals surface area contributed by atoms with Crippen LogP contribution in [0.25, 0.3) is 44.3 Å². The first kappa shape index (κ1) is 21.0. The van der Waals surface area contributed by atoms with E-state index in [1.807, 2.05) is 43.3 Å². The molecule has 5 aromatic rings. The van der Waals surface area contributed by atoms with Gasteiger partial charge in [0, 0.05) is 11.1 Å². The van der Waals surface area contributed by atoms with Gasteiger partial charge in [0.25, 0.3) is 0 Å². The van der Waals surface area contributed by atoms with E-state index in [-0.39, 0.29) is 5.28 Å². The molecule has 3 nitrogen and oxygen atoms in total. The molecule has 0 N–H and O–H groups in total. The van der Waals surface area contributed by atoms with Gasteiger partial charge in [0.1, 0.15) is 0 Å². The first-order chi connectivity index (χ1) is 16.2. The van der Waals surface area contributed by atoms with Gasteiger partial charge in [-0.05, 0) is 64.2 Å². The van der Waals surface area contributed by atoms with Crippen molar-refractivity contribution in [2.24, 2.45) is 0 Å². The summed E-state index contributed by atoms with van der Waals surface area (Å²) in [4.78, 5) is 13.5. The third-order valence-electron chi connectivity index (χ3n) is 5.57. The minimum atomic E-state index is 0.187. The second-order valence-electron chi connectivity index (χ2n) is 7.87. The minimum Gasteiger partial charge on any atom is -0.208 e. The fraction of sp³-hybridized carbons (Fsp3) is 0.0690. The third-order valence-corrected chi connectivity index (χ3v) is 5.74. The van der Waals surface area contributed by atoms with Crippen molar-refractivity contribution < 1.29 is 0 Å². The van der Waals surface area contributed by atoms with Gasteiger partial charge in [0.05, 0.1) is 0 Å². The zero-order valence-corrected chi connectivity index (χ0v) is 19.0. The average Bonchev–Trinajstić information content (AvgIpc) is 2.85. The van der Waals surface area contributed by atoms with E-state index >= 15 is 0 Å². The van der Waals surface area contributed by atoms with Crippen molar-refractivity contribution in [1.82, 2.24) is 15.0 Å². The summed E-state index contributed by atoms with van der Waals surface area (Å²) in [5, 5.41) is 4.82. The zero-order valence-electron chi connectivity index (χ0n) is 18.2. The second kappa shape index (κ2) is 9.35. The second-order valence-corrected chi connectivity index (χ2v) is 8.21. The van der Waals surface area contributed by atoms with E-state index in [0.29, 0.717) is 11.6 Å². The highest BCUT2D eigenvalue weighted by atomic mass is 35.5. The molecule has 0 aliphatic heterocycles. The van der Waals surface area contributed by atoms with E-state index in [4.69, 9.17) is 16.6 Å². The molecule has 33 heavy (non-hydrogen) atoms. The number of hydrogen-bond donors (Lipinski definition) is 0. The van der Waals surface area contributed by atoms with Gasteiger partial charge in [-0.1, -0.05) is 91.0 Å². The zero-order chi connectivity index (χ0) is 22.6. The molecule has 0 atom stereocenters. The first-order valence-electron chi connectivity index (χ1n) is 10.9. The van der Waals surface area contributed by atoms with Gasteiger partial charge >= 0.3 is 0 Å². The molecule has 4 aromatic carbocycles. The molecule has 0 spiro atoms. The Morgan fingerprint density at radius 3 is 2.00 bits per heavy atom. The van der Waals surface area contributed by atoms with Crippen molar-refractivity contribution in [2.75, 3.05) is 0 Å². The topological polar surface area (TPSA) is 38.7 Å². The van der Waals surface area contributed by atoms with Crippen LogP contribution in [0.15, 0.2) is 103 Å². The van der Waals surface area contributed by atoms with Crippen LogP contribution in [0, 0.1) is 0 Å². The predicted molar refractivity (Wildman–Crippen MR) is 138 cm³/mol. The molecule has 0 bridgehead atoms. The van der Waals surface area contributed by atoms with E-state index in [1.165, 1.54) is 16.3 Å². The molecule has 5 rings (SSSR count). The molecule has 0 amide bonds. The van der Waals surface area contributed by atoms with Crippen LogP contribution in [0.2, 0.25) is 5.28 Å². The van der Waals surface area contributed by atoms with E-state index in [0.717, 1.165) is 28.3 Å². The summed E-state index contributed by atoms with van der Waals surface area (Å²) in [5.74, 6) is 1.14. The summed E-state index contributed by atoms with van der Waals surface area (Å²) in [6.45, 7) is 2.02. The average molecular weight is 448 g/mol. The fourth-order valence-corrected chi connectivity index (χ4v) is 4.05. The van der Waals surface area contributed by atoms with E-state index < -0.39 is 0 Å². The van der Waals surface area contributed by atoms with Gasteiger partial charge in [-0.3, -0.25) is 0 Å². The molecule has 160 valence electrons. The fourth-order valence-electron chi connectivity index (χ4n) is 3.89. The Morgan fingerprint density at radius 2 is 1.27 bits per heavy atom. The summed E-state index contributed by atoms with van der Waals surface area (Å²) in [6.07, 6.45) is 9.21. The maximum Gasteiger partial charge on any atom is 0.226 e. The Kier molecular flexibility index (Phi) is 5.97. The lowest BCUT2D eigenvalue weighted by atomic mass is 10.0. The third kappa shape index (κ3) is 4.69. The molecule has 0 radical (unpaired) electrons. The molecular weight excluding hydrogens is 426 g/mol. The number of rotatable bonds is 5. The number of fused-ring (bicyclic) bond motifs is 2. The molecule has 0 saturated heterocycles. The number of aromatic nitrogens is 3. The first-order valence-corrected chi connectivity index (χ1v) is 11.3. The smallest absolute Gasteiger partial charge is 0.208 e. The van der Waals surface area contributed by atoms with Crippen LogP contribution in [0.1, 0.15) is 12.5 Å². The summed E-state index contributed by atoms with van der Waals surface area (Å²) in [6, 6.07) is 27.2. The van der Waals surface area contributed by atoms with Gasteiger partial charge in [-0.25, -0.2) is 4.98 Å². The highest BCUT2D eigenvalue weighted by Crippen LogP contribution is 2.27. The standard InChI is InChI=1S/C29H22ClN3/c1-2-3-4-5-8-20-11-12-24-19-26(16-14-23(24)17-20)28-31-27(32-29(30)33-28)25-15-13-21-9-6-7-10-22(21)18-25/h2-7,9-19H,8H2,1H3/b3-2-,5-4-. The molecular formula is C29H22ClN3. The number of hydrogen-bond acceptors (Lipinski definition) is 3. The Labute approximate surface area is 198 Å². The van der Waals surface area contributed by atoms with Crippen molar-refractivity contribution in [1.29, 1.82) is 0 Å². The van der Waals surface area contributed by atoms with Crippen LogP contribution in [-0.2, 0) is 6.42 Å². The summed E-state index contributed by atoms with van der Waals surface area (Å²) < 4.78 is 0. The lowest BCUT2D eigenvalue weighted by Gasteiger charge is -2.08. The molecule has 0 fully saturated rings. The SMILES string of the molecule is C/C=C\C=C/Cc1ccc2cc(-c3nc(Cl)nc(-c4ccc5ccccc5c4)n3)ccc2c1. The monoisotopic (exact) mass is 447 g/mol. The summed E-state index contributed by atoms with van der Waals surface area (Å²) in [7, 11) is 0. The van der Waals surface area contributed by atoms with Gasteiger partial charge in [-0.15, -0.1) is 0 Å². The van der Waals surface area contributed by atoms with Crippen LogP contribution < -0.4 is 0 Å². The molecule has 0 unspecified atom stereocenters. The van der Waals surface area contributed by atoms with Crippen molar-refractivity contribution in [3.63, 3.8) is 0 Å². The minimum absolute atomic E-state index is 0.187. The number of nitrogens with zero attached hydrogens (tertiary/aromatic N) is 3. The maximum absolute atomic E-state index is 6.30. The number of benzene rings is 4. The van der Waals surface area contributed by atoms with Gasteiger partial charge < -0.3 is 0 Å². The van der Waals surface area contributed by atoms with Gasteiger partial charge in [0.2, 0.25) is 5.28 Å². The Morgan fingerprint density at radius 1 is 0.667 bits per heavy atom. The van der Waals surface area contributed by atoms with Crippen molar-refractivity contribution >= 4 is 33.1 Å². The van der Waals surface area contributed by atoms with E-state index in [2.05, 4.69) is 76.7 Å². The van der Waals surface area contributed by atoms with Crippen molar-refractivity contribution in [2.45, 2.75) is 13.3 Å². The van der Waals surface area contributed by atoms with Crippen molar-refractivity contribution in [3.8, 4) is 22.8 Å². The van der Waals surface area contributed by atoms with Crippen LogP contribution >= 0.6 is 11.6 Å². The Bertz CT molecular complexity index is 1520. The molecule has 0 aliphatic carbocycles. The molecule has 1 heterocycles. The molecule has 4 heteroatoms. The molecule has 0 aliphatic rings. The lowest BCUT2D eigenvalue weighted by Crippen LogP contribution is -1.97. The number of halogens is 1. The van der Waals surface area contributed by atoms with Gasteiger partial charge in [-0.2, -0.15) is 9.97 Å². The summed E-state index contributed by atoms with van der Waals surface area (Å²) >= 11 is 6.30. The molecule has 1 aromatic heterocycles. The predicted octanol–water partition coefficient (Wildman–Crippen LogP) is 7.84. The highest BCUT2D eigenvalue weighted by molar-refractivity contribution is 6.28. The van der Waals surface area contributed by atoms with Crippen LogP contribution in [0.3, 0.4) is 0 Å². The molecule has 0 saturated carbocycles. The Hall–Kier alpha value is -3.82. The van der Waals surface area contributed by atoms with Crippen LogP contribution in [0.5, 0.6) is 0 Å². The van der Waals surface area contributed by atoms with E-state index in [1.54, 1.807) is 0 Å². The number of allylic oxidation sites excluding steroid dienone is 4. The normalized spacial score (nSPS) is 11.8. The Balaban J connectivity index is 1.49. The van der Waals surface area contributed by atoms with E-state index in [9.17, 15) is 0 Å².